The Bertz CT molecular complexity index is 1840. The third kappa shape index (κ3) is 11.4. The molecule has 18 heteroatoms. The lowest BCUT2D eigenvalue weighted by atomic mass is 9.84. The van der Waals surface area contributed by atoms with Crippen LogP contribution in [0.4, 0.5) is 11.4 Å². The molecule has 342 valence electrons. The molecule has 0 saturated carbocycles. The molecule has 2 aromatic carbocycles. The lowest BCUT2D eigenvalue weighted by molar-refractivity contribution is -0.140. The van der Waals surface area contributed by atoms with Gasteiger partial charge >= 0.3 is 0 Å². The number of aryl methyl sites for hydroxylation is 2. The maximum Gasteiger partial charge on any atom is 0.247 e. The summed E-state index contributed by atoms with van der Waals surface area (Å²) in [7, 11) is 3.67. The summed E-state index contributed by atoms with van der Waals surface area (Å²) in [6, 6.07) is 13.0. The number of thioether (sulfide) groups is 2. The maximum atomic E-state index is 14.4. The average molecular weight is 968 g/mol. The van der Waals surface area contributed by atoms with Crippen molar-refractivity contribution in [3.8, 4) is 0 Å². The molecule has 4 aliphatic rings. The van der Waals surface area contributed by atoms with Crippen LogP contribution in [0.5, 0.6) is 0 Å². The summed E-state index contributed by atoms with van der Waals surface area (Å²) >= 11 is 14.7. The summed E-state index contributed by atoms with van der Waals surface area (Å²) in [4.78, 5) is 62.0. The standard InChI is InChI=1S/C44H62N8O4S4.2ClH/c1-25(45-7)39(57)49-31-19-21-59-33-23-43(3,4)35(51(33)41(31)55)37(53)47-29-15-11-9-13-27(29)17-18-28-14-10-12-16-30(28)48-38(54)36-44(5,6)24-34-52(36)42(56)32(20-22-60-34)50-40(58)26(2)46-8;;/h9-16,25-26,31-36,45-46H,17-24H2,1-8H3,(H,47,53)(H,48,54)(H,49,57)(H,50,58);2*1H/t25?,26?,31-,32-,33-,34-,35+,36+;;/m0../s1. The van der Waals surface area contributed by atoms with Crippen LogP contribution in [0.1, 0.15) is 78.4 Å². The number of likely N-dealkylation sites (N-methyl/N-ethyl adjacent to an activating group) is 2. The van der Waals surface area contributed by atoms with Crippen molar-refractivity contribution in [1.29, 1.82) is 0 Å². The molecule has 4 heterocycles. The van der Waals surface area contributed by atoms with Crippen molar-refractivity contribution in [2.24, 2.45) is 10.8 Å². The molecule has 4 saturated heterocycles. The van der Waals surface area contributed by atoms with Gasteiger partial charge in [0.25, 0.3) is 0 Å². The second-order valence-corrected chi connectivity index (χ2v) is 21.3. The molecule has 0 aromatic heterocycles. The zero-order chi connectivity index (χ0) is 43.5. The van der Waals surface area contributed by atoms with Gasteiger partial charge in [-0.2, -0.15) is 0 Å². The fraction of sp³-hybridized carbons (Fsp3) is 0.591. The van der Waals surface area contributed by atoms with Crippen molar-refractivity contribution in [1.82, 2.24) is 31.1 Å². The van der Waals surface area contributed by atoms with E-state index in [2.05, 4.69) is 59.6 Å². The number of carbonyl (C=O) groups excluding carboxylic acids is 4. The maximum absolute atomic E-state index is 14.4. The highest BCUT2D eigenvalue weighted by Gasteiger charge is 2.56. The van der Waals surface area contributed by atoms with Crippen LogP contribution in [0.25, 0.3) is 0 Å². The van der Waals surface area contributed by atoms with E-state index in [9.17, 15) is 19.2 Å². The van der Waals surface area contributed by atoms with Crippen LogP contribution in [0.2, 0.25) is 0 Å². The number of amides is 4. The van der Waals surface area contributed by atoms with Gasteiger partial charge in [0.15, 0.2) is 0 Å². The molecule has 4 amide bonds. The molecule has 0 spiro atoms. The highest BCUT2D eigenvalue weighted by Crippen LogP contribution is 2.48. The number of halogens is 2. The molecule has 62 heavy (non-hydrogen) atoms. The van der Waals surface area contributed by atoms with E-state index in [0.717, 1.165) is 22.6 Å². The van der Waals surface area contributed by atoms with E-state index in [1.807, 2.05) is 76.5 Å². The lowest BCUT2D eigenvalue weighted by Crippen LogP contribution is -2.56. The molecular weight excluding hydrogens is 904 g/mol. The summed E-state index contributed by atoms with van der Waals surface area (Å²) in [5.41, 5.74) is 2.36. The Hall–Kier alpha value is -2.70. The lowest BCUT2D eigenvalue weighted by Gasteiger charge is -2.34. The first-order chi connectivity index (χ1) is 28.5. The van der Waals surface area contributed by atoms with Crippen molar-refractivity contribution < 1.29 is 19.2 Å². The van der Waals surface area contributed by atoms with E-state index in [-0.39, 0.29) is 71.3 Å². The van der Waals surface area contributed by atoms with Crippen LogP contribution in [-0.2, 0) is 32.0 Å². The van der Waals surface area contributed by atoms with Gasteiger partial charge in [0.2, 0.25) is 23.6 Å². The zero-order valence-corrected chi connectivity index (χ0v) is 41.8. The molecule has 12 nitrogen and oxygen atoms in total. The van der Waals surface area contributed by atoms with Crippen LogP contribution in [0.3, 0.4) is 0 Å². The molecule has 0 radical (unpaired) electrons. The summed E-state index contributed by atoms with van der Waals surface area (Å²) < 4.78 is 0. The van der Waals surface area contributed by atoms with E-state index in [1.165, 1.54) is 0 Å². The Morgan fingerprint density at radius 2 is 1.03 bits per heavy atom. The SMILES string of the molecule is CNC(C)C(=S)N[C@H]1CCS[C@H]2CC(C)(C)[C@@H](C(=O)Nc3ccccc3CCc3ccccc3NC(=O)[C@H]3N4C(=O)[C@@H](NC(=S)C(C)NC)CCS[C@H]4CC3(C)C)N2C1=O.Cl.Cl. The zero-order valence-electron chi connectivity index (χ0n) is 36.9. The number of anilines is 2. The fourth-order valence-electron chi connectivity index (χ4n) is 8.95. The first kappa shape index (κ1) is 51.9. The minimum atomic E-state index is -0.669. The van der Waals surface area contributed by atoms with Gasteiger partial charge < -0.3 is 41.7 Å². The molecule has 4 aliphatic heterocycles. The summed E-state index contributed by atoms with van der Waals surface area (Å²) in [6.45, 7) is 12.2. The second-order valence-electron chi connectivity index (χ2n) is 17.8. The Balaban J connectivity index is 0.00000422. The molecule has 6 N–H and O–H groups in total. The van der Waals surface area contributed by atoms with Gasteiger partial charge in [-0.15, -0.1) is 48.3 Å². The number of nitrogens with zero attached hydrogens (tertiary/aromatic N) is 2. The number of thiocarbonyl (C=S) groups is 2. The van der Waals surface area contributed by atoms with Gasteiger partial charge in [0.05, 0.1) is 32.8 Å². The Kier molecular flexibility index (Phi) is 18.4. The number of nitrogens with one attached hydrogen (secondary N) is 6. The minimum absolute atomic E-state index is 0. The van der Waals surface area contributed by atoms with Gasteiger partial charge in [-0.3, -0.25) is 19.2 Å². The van der Waals surface area contributed by atoms with Gasteiger partial charge in [0.1, 0.15) is 24.2 Å². The molecule has 0 aliphatic carbocycles. The predicted octanol–water partition coefficient (Wildman–Crippen LogP) is 6.16. The van der Waals surface area contributed by atoms with Crippen molar-refractivity contribution in [2.75, 3.05) is 36.2 Å². The predicted molar refractivity (Wildman–Crippen MR) is 268 cm³/mol. The average Bonchev–Trinajstić information content (AvgIpc) is 3.53. The molecular formula is C44H64Cl2N8O4S4. The van der Waals surface area contributed by atoms with Gasteiger partial charge in [-0.25, -0.2) is 0 Å². The topological polar surface area (TPSA) is 147 Å². The summed E-state index contributed by atoms with van der Waals surface area (Å²) in [5.74, 6) is 0.964. The van der Waals surface area contributed by atoms with Crippen molar-refractivity contribution in [3.05, 3.63) is 59.7 Å². The van der Waals surface area contributed by atoms with Crippen LogP contribution in [0, 0.1) is 10.8 Å². The molecule has 8 atom stereocenters. The van der Waals surface area contributed by atoms with Crippen LogP contribution < -0.4 is 31.9 Å². The third-order valence-corrected chi connectivity index (χ3v) is 16.0. The molecule has 6 rings (SSSR count). The van der Waals surface area contributed by atoms with E-state index < -0.39 is 35.0 Å². The molecule has 4 fully saturated rings. The van der Waals surface area contributed by atoms with E-state index >= 15 is 0 Å². The van der Waals surface area contributed by atoms with Crippen LogP contribution >= 0.6 is 72.8 Å². The highest BCUT2D eigenvalue weighted by atomic mass is 35.5. The Morgan fingerprint density at radius 3 is 1.39 bits per heavy atom. The summed E-state index contributed by atoms with van der Waals surface area (Å²) in [6.07, 6.45) is 3.85. The van der Waals surface area contributed by atoms with E-state index in [1.54, 1.807) is 33.3 Å². The summed E-state index contributed by atoms with van der Waals surface area (Å²) in [5, 5.41) is 19.1. The number of benzene rings is 2. The minimum Gasteiger partial charge on any atom is -0.367 e. The molecule has 2 aromatic rings. The fourth-order valence-corrected chi connectivity index (χ4v) is 12.6. The highest BCUT2D eigenvalue weighted by molar-refractivity contribution is 8.00. The van der Waals surface area contributed by atoms with Gasteiger partial charge in [0, 0.05) is 11.4 Å². The van der Waals surface area contributed by atoms with Crippen molar-refractivity contribution in [2.45, 2.75) is 127 Å². The number of fused-ring (bicyclic) bond motifs is 2. The van der Waals surface area contributed by atoms with E-state index in [4.69, 9.17) is 24.4 Å². The molecule has 0 bridgehead atoms. The quantitative estimate of drug-likeness (QED) is 0.128. The first-order valence-electron chi connectivity index (χ1n) is 21.1. The van der Waals surface area contributed by atoms with Crippen molar-refractivity contribution >= 4 is 118 Å². The smallest absolute Gasteiger partial charge is 0.247 e. The second kappa shape index (κ2) is 22.0. The Labute approximate surface area is 399 Å². The van der Waals surface area contributed by atoms with Gasteiger partial charge in [-0.1, -0.05) is 88.5 Å². The first-order valence-corrected chi connectivity index (χ1v) is 24.0. The number of hydrogen-bond donors (Lipinski definition) is 6. The number of para-hydroxylation sites is 2. The van der Waals surface area contributed by atoms with E-state index in [0.29, 0.717) is 59.9 Å². The van der Waals surface area contributed by atoms with Gasteiger partial charge in [-0.05, 0) is 112 Å². The third-order valence-electron chi connectivity index (χ3n) is 12.6. The van der Waals surface area contributed by atoms with Crippen LogP contribution in [0.15, 0.2) is 48.5 Å². The van der Waals surface area contributed by atoms with Crippen LogP contribution in [-0.4, -0.2) is 116 Å². The van der Waals surface area contributed by atoms with Crippen molar-refractivity contribution in [3.63, 3.8) is 0 Å². The Morgan fingerprint density at radius 1 is 0.677 bits per heavy atom. The monoisotopic (exact) mass is 966 g/mol. The number of carbonyl (C=O) groups is 4. The number of rotatable bonds is 13. The molecule has 2 unspecified atom stereocenters. The number of hydrogen-bond acceptors (Lipinski definition) is 10. The largest absolute Gasteiger partial charge is 0.367 e. The normalized spacial score (nSPS) is 25.9.